The van der Waals surface area contributed by atoms with E-state index in [2.05, 4.69) is 22.0 Å². The van der Waals surface area contributed by atoms with E-state index in [0.29, 0.717) is 23.7 Å². The van der Waals surface area contributed by atoms with Gasteiger partial charge < -0.3 is 14.5 Å². The molecule has 2 heterocycles. The summed E-state index contributed by atoms with van der Waals surface area (Å²) in [6.45, 7) is 4.89. The average Bonchev–Trinajstić information content (AvgIpc) is 2.73. The second kappa shape index (κ2) is 7.68. The molecule has 5 nitrogen and oxygen atoms in total. The van der Waals surface area contributed by atoms with E-state index in [-0.39, 0.29) is 5.91 Å². The van der Waals surface area contributed by atoms with Crippen LogP contribution in [0.25, 0.3) is 10.9 Å². The van der Waals surface area contributed by atoms with Crippen molar-refractivity contribution in [3.05, 3.63) is 64.8 Å². The summed E-state index contributed by atoms with van der Waals surface area (Å²) in [6.07, 6.45) is 0. The summed E-state index contributed by atoms with van der Waals surface area (Å²) in [5.41, 5.74) is 3.64. The van der Waals surface area contributed by atoms with Gasteiger partial charge in [0.25, 0.3) is 5.91 Å². The average molecular weight is 396 g/mol. The monoisotopic (exact) mass is 395 g/mol. The minimum atomic E-state index is 0.0498. The van der Waals surface area contributed by atoms with E-state index in [0.717, 1.165) is 41.1 Å². The zero-order chi connectivity index (χ0) is 19.7. The molecule has 1 amide bonds. The second-order valence-corrected chi connectivity index (χ2v) is 7.36. The molecule has 1 saturated heterocycles. The molecule has 0 N–H and O–H groups in total. The van der Waals surface area contributed by atoms with Crippen LogP contribution in [0.15, 0.2) is 48.5 Å². The van der Waals surface area contributed by atoms with E-state index in [1.807, 2.05) is 24.0 Å². The second-order valence-electron chi connectivity index (χ2n) is 6.93. The number of carbonyl (C=O) groups excluding carboxylic acids is 1. The number of rotatable bonds is 3. The maximum absolute atomic E-state index is 12.7. The Balaban J connectivity index is 1.55. The Morgan fingerprint density at radius 2 is 1.79 bits per heavy atom. The molecule has 3 aromatic rings. The van der Waals surface area contributed by atoms with Crippen molar-refractivity contribution in [1.29, 1.82) is 0 Å². The molecule has 28 heavy (non-hydrogen) atoms. The minimum absolute atomic E-state index is 0.0498. The molecular weight excluding hydrogens is 374 g/mol. The summed E-state index contributed by atoms with van der Waals surface area (Å²) in [5, 5.41) is 1.71. The van der Waals surface area contributed by atoms with Crippen LogP contribution in [0.1, 0.15) is 16.1 Å². The van der Waals surface area contributed by atoms with E-state index in [4.69, 9.17) is 16.3 Å². The predicted octanol–water partition coefficient (Wildman–Crippen LogP) is 4.17. The van der Waals surface area contributed by atoms with Gasteiger partial charge >= 0.3 is 0 Å². The highest BCUT2D eigenvalue weighted by Crippen LogP contribution is 2.32. The molecule has 1 aliphatic rings. The van der Waals surface area contributed by atoms with E-state index >= 15 is 0 Å². The molecular formula is C22H22ClN3O2. The number of carbonyl (C=O) groups is 1. The minimum Gasteiger partial charge on any atom is -0.494 e. The normalized spacial score (nSPS) is 14.4. The number of halogens is 1. The molecule has 0 aliphatic carbocycles. The number of hydrogen-bond donors (Lipinski definition) is 0. The topological polar surface area (TPSA) is 45.7 Å². The number of anilines is 1. The lowest BCUT2D eigenvalue weighted by atomic mass is 10.1. The SMILES string of the molecule is COc1cccc2c(N3CCN(C(=O)c4ccc(Cl)cc4)CC3)cc(C)nc12. The van der Waals surface area contributed by atoms with Crippen LogP contribution in [0.5, 0.6) is 5.75 Å². The van der Waals surface area contributed by atoms with E-state index in [1.54, 1.807) is 31.4 Å². The van der Waals surface area contributed by atoms with Crippen LogP contribution in [0, 0.1) is 6.92 Å². The largest absolute Gasteiger partial charge is 0.494 e. The summed E-state index contributed by atoms with van der Waals surface area (Å²) in [4.78, 5) is 21.6. The van der Waals surface area contributed by atoms with Crippen molar-refractivity contribution in [1.82, 2.24) is 9.88 Å². The zero-order valence-corrected chi connectivity index (χ0v) is 16.7. The summed E-state index contributed by atoms with van der Waals surface area (Å²) in [5.74, 6) is 0.827. The molecule has 144 valence electrons. The van der Waals surface area contributed by atoms with Gasteiger partial charge in [0.05, 0.1) is 7.11 Å². The fourth-order valence-corrected chi connectivity index (χ4v) is 3.81. The summed E-state index contributed by atoms with van der Waals surface area (Å²) >= 11 is 5.93. The Kier molecular flexibility index (Phi) is 5.09. The van der Waals surface area contributed by atoms with Gasteiger partial charge in [-0.15, -0.1) is 0 Å². The molecule has 4 rings (SSSR count). The van der Waals surface area contributed by atoms with Crippen molar-refractivity contribution in [3.63, 3.8) is 0 Å². The molecule has 1 fully saturated rings. The third kappa shape index (κ3) is 3.50. The first kappa shape index (κ1) is 18.6. The summed E-state index contributed by atoms with van der Waals surface area (Å²) in [6, 6.07) is 15.2. The maximum atomic E-state index is 12.7. The van der Waals surface area contributed by atoms with Crippen LogP contribution in [0.3, 0.4) is 0 Å². The number of methoxy groups -OCH3 is 1. The van der Waals surface area contributed by atoms with Gasteiger partial charge in [0.2, 0.25) is 0 Å². The smallest absolute Gasteiger partial charge is 0.253 e. The van der Waals surface area contributed by atoms with Crippen LogP contribution in [-0.4, -0.2) is 49.1 Å². The number of ether oxygens (including phenoxy) is 1. The first-order chi connectivity index (χ1) is 13.6. The number of para-hydroxylation sites is 1. The quantitative estimate of drug-likeness (QED) is 0.667. The van der Waals surface area contributed by atoms with Gasteiger partial charge in [-0.05, 0) is 43.3 Å². The number of benzene rings is 2. The number of piperazine rings is 1. The van der Waals surface area contributed by atoms with E-state index in [9.17, 15) is 4.79 Å². The van der Waals surface area contributed by atoms with Crippen molar-refractivity contribution < 1.29 is 9.53 Å². The van der Waals surface area contributed by atoms with Crippen molar-refractivity contribution >= 4 is 34.1 Å². The number of pyridine rings is 1. The van der Waals surface area contributed by atoms with Crippen LogP contribution < -0.4 is 9.64 Å². The standard InChI is InChI=1S/C22H22ClN3O2/c1-15-14-19(18-4-3-5-20(28-2)21(18)24-15)25-10-12-26(13-11-25)22(27)16-6-8-17(23)9-7-16/h3-9,14H,10-13H2,1-2H3. The third-order valence-corrected chi connectivity index (χ3v) is 5.38. The number of hydrogen-bond acceptors (Lipinski definition) is 4. The molecule has 1 aliphatic heterocycles. The Morgan fingerprint density at radius 1 is 1.07 bits per heavy atom. The van der Waals surface area contributed by atoms with Crippen LogP contribution in [0.2, 0.25) is 5.02 Å². The van der Waals surface area contributed by atoms with Gasteiger partial charge in [0.15, 0.2) is 0 Å². The van der Waals surface area contributed by atoms with Gasteiger partial charge in [-0.25, -0.2) is 4.98 Å². The lowest BCUT2D eigenvalue weighted by Crippen LogP contribution is -2.48. The number of aryl methyl sites for hydroxylation is 1. The van der Waals surface area contributed by atoms with Crippen molar-refractivity contribution in [3.8, 4) is 5.75 Å². The zero-order valence-electron chi connectivity index (χ0n) is 16.0. The van der Waals surface area contributed by atoms with Gasteiger partial charge in [0.1, 0.15) is 11.3 Å². The molecule has 0 atom stereocenters. The highest BCUT2D eigenvalue weighted by molar-refractivity contribution is 6.30. The molecule has 6 heteroatoms. The highest BCUT2D eigenvalue weighted by Gasteiger charge is 2.24. The third-order valence-electron chi connectivity index (χ3n) is 5.13. The van der Waals surface area contributed by atoms with E-state index < -0.39 is 0 Å². The first-order valence-electron chi connectivity index (χ1n) is 9.31. The van der Waals surface area contributed by atoms with Gasteiger partial charge in [0, 0.05) is 53.5 Å². The summed E-state index contributed by atoms with van der Waals surface area (Å²) in [7, 11) is 1.67. The highest BCUT2D eigenvalue weighted by atomic mass is 35.5. The summed E-state index contributed by atoms with van der Waals surface area (Å²) < 4.78 is 5.49. The molecule has 0 saturated carbocycles. The van der Waals surface area contributed by atoms with Crippen LogP contribution >= 0.6 is 11.6 Å². The van der Waals surface area contributed by atoms with Gasteiger partial charge in [-0.2, -0.15) is 0 Å². The molecule has 2 aromatic carbocycles. The first-order valence-corrected chi connectivity index (χ1v) is 9.69. The van der Waals surface area contributed by atoms with Crippen molar-refractivity contribution in [2.24, 2.45) is 0 Å². The number of aromatic nitrogens is 1. The lowest BCUT2D eigenvalue weighted by Gasteiger charge is -2.36. The van der Waals surface area contributed by atoms with Gasteiger partial charge in [-0.1, -0.05) is 23.7 Å². The Morgan fingerprint density at radius 3 is 2.46 bits per heavy atom. The predicted molar refractivity (Wildman–Crippen MR) is 113 cm³/mol. The van der Waals surface area contributed by atoms with Crippen LogP contribution in [0.4, 0.5) is 5.69 Å². The van der Waals surface area contributed by atoms with Crippen molar-refractivity contribution in [2.75, 3.05) is 38.2 Å². The molecule has 0 radical (unpaired) electrons. The lowest BCUT2D eigenvalue weighted by molar-refractivity contribution is 0.0747. The number of amides is 1. The van der Waals surface area contributed by atoms with Crippen LogP contribution in [-0.2, 0) is 0 Å². The Bertz CT molecular complexity index is 1010. The molecule has 0 bridgehead atoms. The van der Waals surface area contributed by atoms with Gasteiger partial charge in [-0.3, -0.25) is 4.79 Å². The molecule has 0 unspecified atom stereocenters. The number of nitrogens with zero attached hydrogens (tertiary/aromatic N) is 3. The fourth-order valence-electron chi connectivity index (χ4n) is 3.68. The van der Waals surface area contributed by atoms with Crippen molar-refractivity contribution in [2.45, 2.75) is 6.92 Å². The number of fused-ring (bicyclic) bond motifs is 1. The fraction of sp³-hybridized carbons (Fsp3) is 0.273. The molecule has 1 aromatic heterocycles. The maximum Gasteiger partial charge on any atom is 0.253 e. The Labute approximate surface area is 169 Å². The Hall–Kier alpha value is -2.79. The molecule has 0 spiro atoms. The van der Waals surface area contributed by atoms with E-state index in [1.165, 1.54) is 0 Å².